The quantitative estimate of drug-likeness (QED) is 0.457. The molecule has 1 aromatic heterocycles. The third-order valence-electron chi connectivity index (χ3n) is 6.20. The van der Waals surface area contributed by atoms with Crippen molar-refractivity contribution < 1.29 is 24.2 Å². The van der Waals surface area contributed by atoms with E-state index in [2.05, 4.69) is 0 Å². The average molecular weight is 472 g/mol. The molecule has 1 atom stereocenters. The zero-order valence-electron chi connectivity index (χ0n) is 16.8. The summed E-state index contributed by atoms with van der Waals surface area (Å²) in [5, 5.41) is 21.9. The van der Waals surface area contributed by atoms with Crippen molar-refractivity contribution in [3.63, 3.8) is 0 Å². The molecule has 2 N–H and O–H groups in total. The molecule has 0 spiro atoms. The number of hydrogen-bond acceptors (Lipinski definition) is 5. The predicted octanol–water partition coefficient (Wildman–Crippen LogP) is 5.97. The van der Waals surface area contributed by atoms with Crippen LogP contribution in [0.25, 0.3) is 11.0 Å². The van der Waals surface area contributed by atoms with Crippen LogP contribution in [0.3, 0.4) is 0 Å². The van der Waals surface area contributed by atoms with E-state index in [-0.39, 0.29) is 28.1 Å². The third kappa shape index (κ3) is 3.34. The molecule has 5 rings (SSSR count). The van der Waals surface area contributed by atoms with Crippen LogP contribution in [0.5, 0.6) is 5.75 Å². The van der Waals surface area contributed by atoms with E-state index in [9.17, 15) is 19.8 Å². The first kappa shape index (κ1) is 20.9. The van der Waals surface area contributed by atoms with Gasteiger partial charge in [0.25, 0.3) is 5.91 Å². The molecule has 8 heteroatoms. The lowest BCUT2D eigenvalue weighted by atomic mass is 9.94. The van der Waals surface area contributed by atoms with E-state index in [0.717, 1.165) is 25.7 Å². The lowest BCUT2D eigenvalue weighted by Crippen LogP contribution is -2.38. The fraction of sp³-hybridized carbons (Fsp3) is 0.250. The summed E-state index contributed by atoms with van der Waals surface area (Å²) in [6.07, 6.45) is 3.50. The van der Waals surface area contributed by atoms with Gasteiger partial charge in [0.05, 0.1) is 16.6 Å². The summed E-state index contributed by atoms with van der Waals surface area (Å²) in [7, 11) is 0. The van der Waals surface area contributed by atoms with Crippen molar-refractivity contribution in [1.82, 2.24) is 4.90 Å². The number of hydrogen-bond donors (Lipinski definition) is 2. The van der Waals surface area contributed by atoms with Crippen molar-refractivity contribution >= 4 is 45.9 Å². The second-order valence-electron chi connectivity index (χ2n) is 8.15. The molecule has 1 aliphatic carbocycles. The molecular weight excluding hydrogens is 453 g/mol. The van der Waals surface area contributed by atoms with E-state index < -0.39 is 23.5 Å². The van der Waals surface area contributed by atoms with E-state index in [4.69, 9.17) is 27.6 Å². The van der Waals surface area contributed by atoms with Crippen LogP contribution in [0, 0.1) is 0 Å². The number of aliphatic hydroxyl groups is 1. The Labute approximate surface area is 193 Å². The monoisotopic (exact) mass is 471 g/mol. The molecule has 6 nitrogen and oxygen atoms in total. The van der Waals surface area contributed by atoms with Crippen LogP contribution in [0.2, 0.25) is 10.0 Å². The fourth-order valence-corrected chi connectivity index (χ4v) is 5.06. The molecule has 1 fully saturated rings. The highest BCUT2D eigenvalue weighted by Crippen LogP contribution is 2.44. The van der Waals surface area contributed by atoms with E-state index in [0.29, 0.717) is 21.6 Å². The van der Waals surface area contributed by atoms with Gasteiger partial charge in [0, 0.05) is 16.5 Å². The molecule has 32 heavy (non-hydrogen) atoms. The van der Waals surface area contributed by atoms with Gasteiger partial charge < -0.3 is 19.5 Å². The van der Waals surface area contributed by atoms with Crippen LogP contribution in [-0.2, 0) is 4.79 Å². The Kier molecular flexibility index (Phi) is 5.14. The summed E-state index contributed by atoms with van der Waals surface area (Å²) < 4.78 is 5.72. The number of amides is 1. The molecule has 2 aromatic carbocycles. The molecule has 1 saturated carbocycles. The van der Waals surface area contributed by atoms with Gasteiger partial charge in [-0.3, -0.25) is 9.59 Å². The fourth-order valence-electron chi connectivity index (χ4n) is 4.69. The number of fused-ring (bicyclic) bond motifs is 1. The van der Waals surface area contributed by atoms with Gasteiger partial charge >= 0.3 is 0 Å². The number of benzene rings is 2. The Bertz CT molecular complexity index is 1290. The lowest BCUT2D eigenvalue weighted by molar-refractivity contribution is -0.131. The van der Waals surface area contributed by atoms with E-state index >= 15 is 0 Å². The van der Waals surface area contributed by atoms with Gasteiger partial charge in [0.2, 0.25) is 5.78 Å². The number of aromatic hydroxyl groups is 1. The van der Waals surface area contributed by atoms with E-state index in [1.54, 1.807) is 35.2 Å². The number of phenolic OH excluding ortho intramolecular Hbond substituents is 1. The summed E-state index contributed by atoms with van der Waals surface area (Å²) in [4.78, 5) is 28.2. The largest absolute Gasteiger partial charge is 0.506 e. The Hall–Kier alpha value is -2.96. The van der Waals surface area contributed by atoms with Crippen molar-refractivity contribution in [3.05, 3.63) is 75.2 Å². The van der Waals surface area contributed by atoms with Gasteiger partial charge in [-0.1, -0.05) is 42.1 Å². The second kappa shape index (κ2) is 7.87. The molecule has 3 aromatic rings. The van der Waals surface area contributed by atoms with E-state index in [1.807, 2.05) is 0 Å². The number of carbonyl (C=O) groups excluding carboxylic acids is 2. The zero-order chi connectivity index (χ0) is 22.6. The number of Topliss-reactive ketones (excluding diaryl/α,β-unsaturated/α-hetero) is 1. The predicted molar refractivity (Wildman–Crippen MR) is 120 cm³/mol. The highest BCUT2D eigenvalue weighted by atomic mass is 35.5. The zero-order valence-corrected chi connectivity index (χ0v) is 18.4. The first-order chi connectivity index (χ1) is 15.3. The van der Waals surface area contributed by atoms with Crippen molar-refractivity contribution in [2.75, 3.05) is 0 Å². The maximum absolute atomic E-state index is 13.5. The average Bonchev–Trinajstić information content (AvgIpc) is 3.48. The molecule has 0 bridgehead atoms. The number of furan rings is 1. The minimum absolute atomic E-state index is 0.000219. The first-order valence-electron chi connectivity index (χ1n) is 10.3. The molecule has 1 unspecified atom stereocenters. The normalized spacial score (nSPS) is 19.5. The van der Waals surface area contributed by atoms with Gasteiger partial charge in [-0.2, -0.15) is 0 Å². The first-order valence-corrected chi connectivity index (χ1v) is 11.1. The molecule has 0 saturated heterocycles. The van der Waals surface area contributed by atoms with Crippen molar-refractivity contribution in [2.24, 2.45) is 0 Å². The number of nitrogens with zero attached hydrogens (tertiary/aromatic N) is 1. The second-order valence-corrected chi connectivity index (χ2v) is 8.99. The molecule has 164 valence electrons. The van der Waals surface area contributed by atoms with Crippen molar-refractivity contribution in [1.29, 1.82) is 0 Å². The van der Waals surface area contributed by atoms with Gasteiger partial charge in [0.15, 0.2) is 11.5 Å². The van der Waals surface area contributed by atoms with Crippen LogP contribution in [-0.4, -0.2) is 32.8 Å². The minimum Gasteiger partial charge on any atom is -0.506 e. The van der Waals surface area contributed by atoms with Crippen LogP contribution in [0.15, 0.2) is 58.2 Å². The Balaban J connectivity index is 1.63. The smallest absolute Gasteiger partial charge is 0.290 e. The Morgan fingerprint density at radius 1 is 1.03 bits per heavy atom. The summed E-state index contributed by atoms with van der Waals surface area (Å²) in [6, 6.07) is 10.1. The van der Waals surface area contributed by atoms with Crippen molar-refractivity contribution in [3.8, 4) is 5.75 Å². The SMILES string of the molecule is O=C(C1=C(O)C(=O)N(C2CCCC2)C1c1ccc(O)c(Cl)c1)c1cc2cc(Cl)ccc2o1. The summed E-state index contributed by atoms with van der Waals surface area (Å²) in [5.74, 6) is -1.87. The number of carbonyl (C=O) groups is 2. The maximum Gasteiger partial charge on any atom is 0.290 e. The molecular formula is C24H19Cl2NO5. The van der Waals surface area contributed by atoms with Crippen LogP contribution in [0.4, 0.5) is 0 Å². The summed E-state index contributed by atoms with van der Waals surface area (Å²) in [6.45, 7) is 0. The standard InChI is InChI=1S/C24H19Cl2NO5/c25-14-6-8-18-13(9-14)11-19(32-18)22(29)20-21(12-5-7-17(28)16(26)10-12)27(24(31)23(20)30)15-3-1-2-4-15/h5-11,15,21,28,30H,1-4H2. The number of aliphatic hydroxyl groups excluding tert-OH is 1. The molecule has 1 amide bonds. The van der Waals surface area contributed by atoms with Gasteiger partial charge in [-0.05, 0) is 54.8 Å². The van der Waals surface area contributed by atoms with Crippen LogP contribution in [0.1, 0.15) is 47.8 Å². The maximum atomic E-state index is 13.5. The van der Waals surface area contributed by atoms with E-state index in [1.165, 1.54) is 12.1 Å². The highest BCUT2D eigenvalue weighted by molar-refractivity contribution is 6.32. The molecule has 1 aliphatic heterocycles. The van der Waals surface area contributed by atoms with Crippen LogP contribution < -0.4 is 0 Å². The Morgan fingerprint density at radius 2 is 1.78 bits per heavy atom. The molecule has 2 heterocycles. The number of phenols is 1. The summed E-state index contributed by atoms with van der Waals surface area (Å²) >= 11 is 12.2. The number of ketones is 1. The molecule has 2 aliphatic rings. The van der Waals surface area contributed by atoms with Gasteiger partial charge in [0.1, 0.15) is 11.3 Å². The van der Waals surface area contributed by atoms with Gasteiger partial charge in [-0.15, -0.1) is 0 Å². The topological polar surface area (TPSA) is 91.0 Å². The Morgan fingerprint density at radius 3 is 2.50 bits per heavy atom. The third-order valence-corrected chi connectivity index (χ3v) is 6.73. The van der Waals surface area contributed by atoms with Crippen molar-refractivity contribution in [2.45, 2.75) is 37.8 Å². The van der Waals surface area contributed by atoms with Gasteiger partial charge in [-0.25, -0.2) is 0 Å². The van der Waals surface area contributed by atoms with Crippen LogP contribution >= 0.6 is 23.2 Å². The number of rotatable bonds is 4. The number of halogens is 2. The highest BCUT2D eigenvalue weighted by Gasteiger charge is 2.47. The minimum atomic E-state index is -0.840. The lowest BCUT2D eigenvalue weighted by Gasteiger charge is -2.32. The summed E-state index contributed by atoms with van der Waals surface area (Å²) in [5.41, 5.74) is 0.937. The molecule has 0 radical (unpaired) electrons.